The predicted molar refractivity (Wildman–Crippen MR) is 311 cm³/mol. The minimum Gasteiger partial charge on any atom is -0.309 e. The van der Waals surface area contributed by atoms with Crippen LogP contribution in [-0.2, 0) is 0 Å². The Morgan fingerprint density at radius 1 is 0.324 bits per heavy atom. The van der Waals surface area contributed by atoms with Crippen LogP contribution in [0.1, 0.15) is 9.60 Å². The molecule has 0 fully saturated rings. The molecule has 3 heterocycles. The number of nitrogens with zero attached hydrogens (tertiary/aromatic N) is 4. The van der Waals surface area contributed by atoms with Crippen molar-refractivity contribution in [3.8, 4) is 95.5 Å². The van der Waals surface area contributed by atoms with Crippen LogP contribution >= 0.6 is 11.3 Å². The molecule has 14 aromatic rings. The van der Waals surface area contributed by atoms with E-state index in [-0.39, 0.29) is 57.8 Å². The lowest BCUT2D eigenvalue weighted by atomic mass is 9.91. The van der Waals surface area contributed by atoms with Gasteiger partial charge in [0.05, 0.1) is 26.3 Å². The van der Waals surface area contributed by atoms with Crippen LogP contribution in [-0.4, -0.2) is 19.5 Å². The lowest BCUT2D eigenvalue weighted by Gasteiger charge is -2.18. The lowest BCUT2D eigenvalue weighted by molar-refractivity contribution is 1.07. The second-order valence-electron chi connectivity index (χ2n) is 18.2. The first-order valence-corrected chi connectivity index (χ1v) is 25.2. The Balaban J connectivity index is 1.05. The molecule has 0 spiro atoms. The summed E-state index contributed by atoms with van der Waals surface area (Å²) in [6, 6.07) is 73.5. The first-order chi connectivity index (χ1) is 39.6. The van der Waals surface area contributed by atoms with Crippen molar-refractivity contribution >= 4 is 53.3 Å². The third kappa shape index (κ3) is 7.57. The van der Waals surface area contributed by atoms with Crippen LogP contribution in [0.2, 0.25) is 0 Å². The summed E-state index contributed by atoms with van der Waals surface area (Å²) in [5, 5.41) is 2.48. The minimum atomic E-state index is -0.474. The molecule has 0 bridgehead atoms. The van der Waals surface area contributed by atoms with E-state index in [2.05, 4.69) is 127 Å². The van der Waals surface area contributed by atoms with E-state index in [0.29, 0.717) is 22.9 Å². The zero-order valence-electron chi connectivity index (χ0n) is 46.6. The van der Waals surface area contributed by atoms with Crippen molar-refractivity contribution in [2.24, 2.45) is 0 Å². The number of benzene rings is 11. The second kappa shape index (κ2) is 18.2. The summed E-state index contributed by atoms with van der Waals surface area (Å²) in [6.07, 6.45) is 0. The molecule has 0 aliphatic rings. The topological polar surface area (TPSA) is 43.6 Å². The van der Waals surface area contributed by atoms with E-state index in [4.69, 9.17) is 20.4 Å². The molecule has 0 unspecified atom stereocenters. The zero-order valence-corrected chi connectivity index (χ0v) is 40.4. The molecule has 5 heteroatoms. The van der Waals surface area contributed by atoms with Crippen LogP contribution in [0, 0.1) is 0 Å². The standard InChI is InChI=1S/C69H44N4S/c1-5-21-45(22-6-1)49-39-40-64-59(42-49)60-44-52(46-23-7-2-8-24-46)43-58(66(60)74-64)50-29-19-30-51(41-50)67-70-68(57-33-15-18-38-63(57)73-61-36-16-13-31-55(61)56-32-14-17-37-62(56)73)72-69(71-67)65-53(47-25-9-3-10-26-47)34-20-35-54(65)48-27-11-4-12-28-48/h1-44H/i13D,14D,16D,31D,32D,36D,37D. The van der Waals surface area contributed by atoms with E-state index < -0.39 is 12.1 Å². The number of hydrogen-bond acceptors (Lipinski definition) is 4. The summed E-state index contributed by atoms with van der Waals surface area (Å²) >= 11 is 1.77. The van der Waals surface area contributed by atoms with Gasteiger partial charge in [-0.25, -0.2) is 15.0 Å². The summed E-state index contributed by atoms with van der Waals surface area (Å²) in [4.78, 5) is 16.3. The van der Waals surface area contributed by atoms with Crippen LogP contribution in [0.4, 0.5) is 0 Å². The van der Waals surface area contributed by atoms with Crippen molar-refractivity contribution in [3.63, 3.8) is 0 Å². The molecule has 0 saturated heterocycles. The van der Waals surface area contributed by atoms with Gasteiger partial charge in [-0.1, -0.05) is 212 Å². The third-order valence-electron chi connectivity index (χ3n) is 13.8. The summed E-state index contributed by atoms with van der Waals surface area (Å²) in [7, 11) is 0. The Morgan fingerprint density at radius 2 is 0.865 bits per heavy atom. The normalized spacial score (nSPS) is 12.8. The van der Waals surface area contributed by atoms with E-state index in [1.807, 2.05) is 91.0 Å². The monoisotopic (exact) mass is 967 g/mol. The van der Waals surface area contributed by atoms with Crippen LogP contribution < -0.4 is 0 Å². The van der Waals surface area contributed by atoms with Crippen LogP contribution in [0.15, 0.2) is 267 Å². The summed E-state index contributed by atoms with van der Waals surface area (Å²) in [6.45, 7) is 0. The zero-order chi connectivity index (χ0) is 55.0. The average Bonchev–Trinajstić information content (AvgIpc) is 4.29. The quantitative estimate of drug-likeness (QED) is 0.145. The van der Waals surface area contributed by atoms with Crippen molar-refractivity contribution < 1.29 is 9.60 Å². The van der Waals surface area contributed by atoms with Gasteiger partial charge >= 0.3 is 0 Å². The highest BCUT2D eigenvalue weighted by Gasteiger charge is 2.23. The Labute approximate surface area is 442 Å². The number of aromatic nitrogens is 4. The average molecular weight is 968 g/mol. The smallest absolute Gasteiger partial charge is 0.166 e. The molecule has 0 N–H and O–H groups in total. The Bertz CT molecular complexity index is 4780. The lowest BCUT2D eigenvalue weighted by Crippen LogP contribution is -2.05. The molecule has 346 valence electrons. The van der Waals surface area contributed by atoms with Gasteiger partial charge in [-0.15, -0.1) is 11.3 Å². The molecule has 3 aromatic heterocycles. The largest absolute Gasteiger partial charge is 0.309 e. The van der Waals surface area contributed by atoms with Gasteiger partial charge in [-0.3, -0.25) is 0 Å². The van der Waals surface area contributed by atoms with Gasteiger partial charge in [0.1, 0.15) is 0 Å². The number of para-hydroxylation sites is 3. The second-order valence-corrected chi connectivity index (χ2v) is 19.2. The Kier molecular flexibility index (Phi) is 8.97. The van der Waals surface area contributed by atoms with Crippen molar-refractivity contribution in [1.29, 1.82) is 0 Å². The van der Waals surface area contributed by atoms with Gasteiger partial charge in [0, 0.05) is 53.2 Å². The van der Waals surface area contributed by atoms with Gasteiger partial charge in [-0.2, -0.15) is 0 Å². The molecule has 11 aromatic carbocycles. The summed E-state index contributed by atoms with van der Waals surface area (Å²) in [5.74, 6) is 1.03. The van der Waals surface area contributed by atoms with Gasteiger partial charge < -0.3 is 4.57 Å². The van der Waals surface area contributed by atoms with E-state index in [1.165, 1.54) is 16.2 Å². The van der Waals surface area contributed by atoms with Gasteiger partial charge in [0.15, 0.2) is 17.5 Å². The fourth-order valence-electron chi connectivity index (χ4n) is 10.3. The highest BCUT2D eigenvalue weighted by Crippen LogP contribution is 2.46. The molecule has 0 saturated carbocycles. The molecule has 0 radical (unpaired) electrons. The van der Waals surface area contributed by atoms with Crippen molar-refractivity contribution in [1.82, 2.24) is 19.5 Å². The highest BCUT2D eigenvalue weighted by molar-refractivity contribution is 7.26. The molecule has 0 amide bonds. The maximum atomic E-state index is 9.38. The van der Waals surface area contributed by atoms with Crippen LogP contribution in [0.25, 0.3) is 137 Å². The predicted octanol–water partition coefficient (Wildman–Crippen LogP) is 18.7. The van der Waals surface area contributed by atoms with Gasteiger partial charge in [0.2, 0.25) is 0 Å². The van der Waals surface area contributed by atoms with E-state index in [1.54, 1.807) is 15.9 Å². The SMILES string of the molecule is [2H]c1cc([2H])c2c(c1[2H])c1c([2H])c([2H])c([2H])c([2H])c1n2-c1ccccc1-c1nc(-c2cccc(-c3cc(-c4ccccc4)cc4c3sc3ccc(-c5ccccc5)cc34)c2)nc(-c2c(-c3ccccc3)cccc2-c2ccccc2)n1. The fraction of sp³-hybridized carbons (Fsp3) is 0. The molecule has 14 rings (SSSR count). The van der Waals surface area contributed by atoms with Gasteiger partial charge in [-0.05, 0) is 105 Å². The van der Waals surface area contributed by atoms with Crippen LogP contribution in [0.5, 0.6) is 0 Å². The number of hydrogen-bond donors (Lipinski definition) is 0. The molecular weight excluding hydrogens is 917 g/mol. The molecule has 74 heavy (non-hydrogen) atoms. The summed E-state index contributed by atoms with van der Waals surface area (Å²) < 4.78 is 67.3. The van der Waals surface area contributed by atoms with E-state index in [9.17, 15) is 4.11 Å². The number of rotatable bonds is 9. The van der Waals surface area contributed by atoms with Crippen molar-refractivity contribution in [3.05, 3.63) is 267 Å². The fourth-order valence-corrected chi connectivity index (χ4v) is 11.5. The minimum absolute atomic E-state index is 0.0530. The van der Waals surface area contributed by atoms with E-state index >= 15 is 0 Å². The number of thiophene rings is 1. The van der Waals surface area contributed by atoms with Crippen molar-refractivity contribution in [2.45, 2.75) is 0 Å². The van der Waals surface area contributed by atoms with Gasteiger partial charge in [0.25, 0.3) is 0 Å². The number of fused-ring (bicyclic) bond motifs is 6. The molecule has 0 aliphatic heterocycles. The Morgan fingerprint density at radius 3 is 1.59 bits per heavy atom. The molecule has 0 atom stereocenters. The maximum absolute atomic E-state index is 9.38. The molecular formula is C69H44N4S. The first kappa shape index (κ1) is 36.4. The van der Waals surface area contributed by atoms with E-state index in [0.717, 1.165) is 76.8 Å². The third-order valence-corrected chi connectivity index (χ3v) is 15.0. The Hall–Kier alpha value is -9.55. The molecule has 0 aliphatic carbocycles. The van der Waals surface area contributed by atoms with Crippen molar-refractivity contribution in [2.75, 3.05) is 0 Å². The molecule has 4 nitrogen and oxygen atoms in total. The highest BCUT2D eigenvalue weighted by atomic mass is 32.1. The van der Waals surface area contributed by atoms with Crippen LogP contribution in [0.3, 0.4) is 0 Å². The first-order valence-electron chi connectivity index (χ1n) is 27.9. The maximum Gasteiger partial charge on any atom is 0.166 e. The summed E-state index contributed by atoms with van der Waals surface area (Å²) in [5.41, 5.74) is 12.8.